The standard InChI is InChI=1S/C18H30N2O/c1-15(2)16-5-3-11-20(13-10-16)12-4-14-21-18-8-6-17(19)7-9-18/h6-9,15-16H,3-5,10-14,19H2,1-2H3. The normalized spacial score (nSPS) is 20.4. The zero-order valence-electron chi connectivity index (χ0n) is 13.6. The van der Waals surface area contributed by atoms with Crippen molar-refractivity contribution in [3.63, 3.8) is 0 Å². The fourth-order valence-electron chi connectivity index (χ4n) is 3.11. The molecule has 0 bridgehead atoms. The summed E-state index contributed by atoms with van der Waals surface area (Å²) >= 11 is 0. The fourth-order valence-corrected chi connectivity index (χ4v) is 3.11. The first-order chi connectivity index (χ1) is 10.1. The molecule has 1 unspecified atom stereocenters. The Hall–Kier alpha value is -1.22. The average Bonchev–Trinajstić information content (AvgIpc) is 2.71. The summed E-state index contributed by atoms with van der Waals surface area (Å²) in [6.45, 7) is 9.17. The summed E-state index contributed by atoms with van der Waals surface area (Å²) in [7, 11) is 0. The lowest BCUT2D eigenvalue weighted by atomic mass is 9.89. The molecular weight excluding hydrogens is 260 g/mol. The van der Waals surface area contributed by atoms with Gasteiger partial charge in [-0.2, -0.15) is 0 Å². The molecule has 3 heteroatoms. The summed E-state index contributed by atoms with van der Waals surface area (Å²) in [5.74, 6) is 2.67. The Kier molecular flexibility index (Phi) is 6.37. The minimum Gasteiger partial charge on any atom is -0.494 e. The SMILES string of the molecule is CC(C)C1CCCN(CCCOc2ccc(N)cc2)CC1. The maximum atomic E-state index is 5.76. The van der Waals surface area contributed by atoms with E-state index in [0.717, 1.165) is 42.8 Å². The number of hydrogen-bond acceptors (Lipinski definition) is 3. The molecule has 0 spiro atoms. The molecule has 0 aliphatic carbocycles. The number of nitrogen functional groups attached to an aromatic ring is 1. The van der Waals surface area contributed by atoms with E-state index < -0.39 is 0 Å². The third-order valence-corrected chi connectivity index (χ3v) is 4.58. The molecule has 1 aliphatic rings. The zero-order valence-corrected chi connectivity index (χ0v) is 13.6. The Bertz CT molecular complexity index is 402. The van der Waals surface area contributed by atoms with E-state index in [1.807, 2.05) is 24.3 Å². The van der Waals surface area contributed by atoms with Crippen molar-refractivity contribution in [1.29, 1.82) is 0 Å². The molecule has 1 heterocycles. The highest BCUT2D eigenvalue weighted by Crippen LogP contribution is 2.24. The molecule has 0 aromatic heterocycles. The van der Waals surface area contributed by atoms with Gasteiger partial charge in [0.15, 0.2) is 0 Å². The maximum Gasteiger partial charge on any atom is 0.119 e. The highest BCUT2D eigenvalue weighted by atomic mass is 16.5. The predicted octanol–water partition coefficient (Wildman–Crippen LogP) is 3.80. The first kappa shape index (κ1) is 16.2. The van der Waals surface area contributed by atoms with Crippen LogP contribution in [0, 0.1) is 11.8 Å². The van der Waals surface area contributed by atoms with E-state index in [1.54, 1.807) is 0 Å². The van der Waals surface area contributed by atoms with Crippen molar-refractivity contribution in [2.24, 2.45) is 11.8 Å². The van der Waals surface area contributed by atoms with E-state index in [-0.39, 0.29) is 0 Å². The number of rotatable bonds is 6. The minimum absolute atomic E-state index is 0.784. The second-order valence-electron chi connectivity index (χ2n) is 6.55. The van der Waals surface area contributed by atoms with Gasteiger partial charge in [-0.05, 0) is 74.9 Å². The minimum atomic E-state index is 0.784. The van der Waals surface area contributed by atoms with Crippen LogP contribution in [-0.4, -0.2) is 31.1 Å². The smallest absolute Gasteiger partial charge is 0.119 e. The van der Waals surface area contributed by atoms with E-state index in [1.165, 1.54) is 32.4 Å². The Morgan fingerprint density at radius 3 is 2.67 bits per heavy atom. The lowest BCUT2D eigenvalue weighted by molar-refractivity contribution is 0.235. The van der Waals surface area contributed by atoms with Gasteiger partial charge in [-0.15, -0.1) is 0 Å². The van der Waals surface area contributed by atoms with Gasteiger partial charge in [-0.3, -0.25) is 0 Å². The Morgan fingerprint density at radius 2 is 1.95 bits per heavy atom. The van der Waals surface area contributed by atoms with Crippen molar-refractivity contribution in [1.82, 2.24) is 4.90 Å². The van der Waals surface area contributed by atoms with E-state index in [9.17, 15) is 0 Å². The quantitative estimate of drug-likeness (QED) is 0.640. The molecule has 3 nitrogen and oxygen atoms in total. The number of hydrogen-bond donors (Lipinski definition) is 1. The number of benzene rings is 1. The molecule has 1 aromatic rings. The molecule has 0 saturated carbocycles. The first-order valence-corrected chi connectivity index (χ1v) is 8.36. The average molecular weight is 290 g/mol. The van der Waals surface area contributed by atoms with Gasteiger partial charge in [0.2, 0.25) is 0 Å². The van der Waals surface area contributed by atoms with Crippen molar-refractivity contribution in [3.05, 3.63) is 24.3 Å². The van der Waals surface area contributed by atoms with Gasteiger partial charge in [0.25, 0.3) is 0 Å². The van der Waals surface area contributed by atoms with E-state index in [4.69, 9.17) is 10.5 Å². The summed E-state index contributed by atoms with van der Waals surface area (Å²) in [6.07, 6.45) is 5.20. The summed E-state index contributed by atoms with van der Waals surface area (Å²) in [5, 5.41) is 0. The van der Waals surface area contributed by atoms with Crippen LogP contribution in [0.1, 0.15) is 39.5 Å². The number of nitrogens with zero attached hydrogens (tertiary/aromatic N) is 1. The lowest BCUT2D eigenvalue weighted by Crippen LogP contribution is -2.27. The van der Waals surface area contributed by atoms with Crippen LogP contribution in [0.25, 0.3) is 0 Å². The summed E-state index contributed by atoms with van der Waals surface area (Å²) in [4.78, 5) is 2.61. The third kappa shape index (κ3) is 5.58. The van der Waals surface area contributed by atoms with Crippen LogP contribution in [0.2, 0.25) is 0 Å². The molecule has 0 amide bonds. The monoisotopic (exact) mass is 290 g/mol. The van der Waals surface area contributed by atoms with Crippen molar-refractivity contribution < 1.29 is 4.74 Å². The second kappa shape index (κ2) is 8.28. The Balaban J connectivity index is 1.63. The van der Waals surface area contributed by atoms with Gasteiger partial charge >= 0.3 is 0 Å². The number of anilines is 1. The largest absolute Gasteiger partial charge is 0.494 e. The van der Waals surface area contributed by atoms with Crippen LogP contribution in [0.5, 0.6) is 5.75 Å². The highest BCUT2D eigenvalue weighted by Gasteiger charge is 2.18. The molecule has 1 fully saturated rings. The number of nitrogens with two attached hydrogens (primary N) is 1. The molecule has 0 radical (unpaired) electrons. The molecule has 2 N–H and O–H groups in total. The Morgan fingerprint density at radius 1 is 1.19 bits per heavy atom. The van der Waals surface area contributed by atoms with Crippen molar-refractivity contribution in [3.8, 4) is 5.75 Å². The summed E-state index contributed by atoms with van der Waals surface area (Å²) in [5.41, 5.74) is 6.45. The second-order valence-corrected chi connectivity index (χ2v) is 6.55. The molecule has 1 atom stereocenters. The van der Waals surface area contributed by atoms with Crippen LogP contribution in [0.15, 0.2) is 24.3 Å². The van der Waals surface area contributed by atoms with Gasteiger partial charge < -0.3 is 15.4 Å². The van der Waals surface area contributed by atoms with Crippen LogP contribution < -0.4 is 10.5 Å². The summed E-state index contributed by atoms with van der Waals surface area (Å²) < 4.78 is 5.76. The molecule has 1 aliphatic heterocycles. The van der Waals surface area contributed by atoms with E-state index >= 15 is 0 Å². The van der Waals surface area contributed by atoms with E-state index in [0.29, 0.717) is 0 Å². The van der Waals surface area contributed by atoms with Gasteiger partial charge in [0.05, 0.1) is 6.61 Å². The van der Waals surface area contributed by atoms with Crippen LogP contribution in [0.3, 0.4) is 0 Å². The van der Waals surface area contributed by atoms with Gasteiger partial charge in [0, 0.05) is 12.2 Å². The van der Waals surface area contributed by atoms with Crippen LogP contribution in [0.4, 0.5) is 5.69 Å². The number of ether oxygens (including phenoxy) is 1. The molecular formula is C18H30N2O. The van der Waals surface area contributed by atoms with Gasteiger partial charge in [-0.25, -0.2) is 0 Å². The molecule has 2 rings (SSSR count). The summed E-state index contributed by atoms with van der Waals surface area (Å²) in [6, 6.07) is 7.65. The third-order valence-electron chi connectivity index (χ3n) is 4.58. The number of likely N-dealkylation sites (tertiary alicyclic amines) is 1. The Labute approximate surface area is 129 Å². The zero-order chi connectivity index (χ0) is 15.1. The topological polar surface area (TPSA) is 38.5 Å². The van der Waals surface area contributed by atoms with Gasteiger partial charge in [-0.1, -0.05) is 13.8 Å². The molecule has 1 saturated heterocycles. The van der Waals surface area contributed by atoms with Crippen LogP contribution >= 0.6 is 0 Å². The maximum absolute atomic E-state index is 5.76. The van der Waals surface area contributed by atoms with Crippen molar-refractivity contribution in [2.45, 2.75) is 39.5 Å². The highest BCUT2D eigenvalue weighted by molar-refractivity contribution is 5.41. The van der Waals surface area contributed by atoms with Crippen LogP contribution in [-0.2, 0) is 0 Å². The fraction of sp³-hybridized carbons (Fsp3) is 0.667. The molecule has 1 aromatic carbocycles. The van der Waals surface area contributed by atoms with Crippen molar-refractivity contribution >= 4 is 5.69 Å². The molecule has 21 heavy (non-hydrogen) atoms. The van der Waals surface area contributed by atoms with Gasteiger partial charge in [0.1, 0.15) is 5.75 Å². The van der Waals surface area contributed by atoms with Crippen molar-refractivity contribution in [2.75, 3.05) is 32.0 Å². The predicted molar refractivity (Wildman–Crippen MR) is 89.6 cm³/mol. The van der Waals surface area contributed by atoms with E-state index in [2.05, 4.69) is 18.7 Å². The molecule has 118 valence electrons. The first-order valence-electron chi connectivity index (χ1n) is 8.36. The lowest BCUT2D eigenvalue weighted by Gasteiger charge is -2.21.